The van der Waals surface area contributed by atoms with E-state index in [1.165, 1.54) is 12.1 Å². The van der Waals surface area contributed by atoms with E-state index >= 15 is 0 Å². The molecule has 0 saturated heterocycles. The van der Waals surface area contributed by atoms with Crippen LogP contribution in [0.15, 0.2) is 24.3 Å². The van der Waals surface area contributed by atoms with E-state index in [-0.39, 0.29) is 17.7 Å². The van der Waals surface area contributed by atoms with E-state index in [1.807, 2.05) is 6.07 Å². The van der Waals surface area contributed by atoms with E-state index in [4.69, 9.17) is 5.73 Å². The van der Waals surface area contributed by atoms with Crippen LogP contribution in [0.2, 0.25) is 0 Å². The molecule has 1 aromatic carbocycles. The smallest absolute Gasteiger partial charge is 0.406 e. The highest BCUT2D eigenvalue weighted by Crippen LogP contribution is 2.35. The molecule has 5 heteroatoms. The second kappa shape index (κ2) is 4.56. The van der Waals surface area contributed by atoms with E-state index in [1.54, 1.807) is 6.07 Å². The maximum Gasteiger partial charge on any atom is 0.573 e. The highest BCUT2D eigenvalue weighted by Gasteiger charge is 2.31. The molecule has 2 nitrogen and oxygen atoms in total. The summed E-state index contributed by atoms with van der Waals surface area (Å²) in [6.07, 6.45) is -1.95. The van der Waals surface area contributed by atoms with Gasteiger partial charge in [0.15, 0.2) is 0 Å². The quantitative estimate of drug-likeness (QED) is 0.868. The fraction of sp³-hybridized carbons (Fsp3) is 0.500. The predicted octanol–water partition coefficient (Wildman–Crippen LogP) is 3.18. The summed E-state index contributed by atoms with van der Waals surface area (Å²) in [5.74, 6) is 0.0947. The minimum atomic E-state index is -4.63. The molecule has 2 atom stereocenters. The van der Waals surface area contributed by atoms with Crippen LogP contribution in [0.3, 0.4) is 0 Å². The molecule has 2 unspecified atom stereocenters. The molecule has 2 rings (SSSR count). The van der Waals surface area contributed by atoms with Crippen LogP contribution in [0.4, 0.5) is 13.2 Å². The van der Waals surface area contributed by atoms with E-state index in [9.17, 15) is 13.2 Å². The van der Waals surface area contributed by atoms with Crippen molar-refractivity contribution >= 4 is 0 Å². The van der Waals surface area contributed by atoms with Crippen LogP contribution in [-0.4, -0.2) is 12.4 Å². The summed E-state index contributed by atoms with van der Waals surface area (Å²) >= 11 is 0. The van der Waals surface area contributed by atoms with Crippen LogP contribution in [0.5, 0.6) is 5.75 Å². The van der Waals surface area contributed by atoms with Gasteiger partial charge in [0.25, 0.3) is 0 Å². The first-order chi connectivity index (χ1) is 7.94. The normalized spacial score (nSPS) is 24.9. The molecule has 0 aromatic heterocycles. The first-order valence-corrected chi connectivity index (χ1v) is 5.55. The number of rotatable bonds is 2. The molecular formula is C12H14F3NO. The summed E-state index contributed by atoms with van der Waals surface area (Å²) in [4.78, 5) is 0. The standard InChI is InChI=1S/C12H14F3NO/c13-12(14,15)17-11-3-1-2-8(7-11)9-4-5-10(16)6-9/h1-3,7,9-10H,4-6,16H2. The molecule has 0 spiro atoms. The molecule has 1 aromatic rings. The molecule has 1 fully saturated rings. The SMILES string of the molecule is NC1CCC(c2cccc(OC(F)(F)F)c2)C1. The molecule has 2 N–H and O–H groups in total. The zero-order valence-electron chi connectivity index (χ0n) is 9.20. The Labute approximate surface area is 97.6 Å². The molecule has 17 heavy (non-hydrogen) atoms. The fourth-order valence-corrected chi connectivity index (χ4v) is 2.28. The van der Waals surface area contributed by atoms with Gasteiger partial charge in [0.1, 0.15) is 5.75 Å². The van der Waals surface area contributed by atoms with Crippen molar-refractivity contribution in [3.63, 3.8) is 0 Å². The molecule has 0 heterocycles. The summed E-state index contributed by atoms with van der Waals surface area (Å²) in [5.41, 5.74) is 6.67. The minimum Gasteiger partial charge on any atom is -0.406 e. The Morgan fingerprint density at radius 1 is 1.24 bits per heavy atom. The van der Waals surface area contributed by atoms with Crippen molar-refractivity contribution in [2.24, 2.45) is 5.73 Å². The van der Waals surface area contributed by atoms with Crippen LogP contribution in [0.25, 0.3) is 0 Å². The molecular weight excluding hydrogens is 231 g/mol. The first-order valence-electron chi connectivity index (χ1n) is 5.55. The molecule has 1 aliphatic carbocycles. The van der Waals surface area contributed by atoms with Gasteiger partial charge in [-0.2, -0.15) is 0 Å². The zero-order chi connectivity index (χ0) is 12.5. The Bertz CT molecular complexity index is 392. The van der Waals surface area contributed by atoms with Crippen molar-refractivity contribution in [3.8, 4) is 5.75 Å². The summed E-state index contributed by atoms with van der Waals surface area (Å²) < 4.78 is 40.1. The van der Waals surface area contributed by atoms with Gasteiger partial charge in [-0.3, -0.25) is 0 Å². The molecule has 94 valence electrons. The number of hydrogen-bond donors (Lipinski definition) is 1. The first kappa shape index (κ1) is 12.2. The lowest BCUT2D eigenvalue weighted by Crippen LogP contribution is -2.17. The van der Waals surface area contributed by atoms with Crippen molar-refractivity contribution in [3.05, 3.63) is 29.8 Å². The second-order valence-electron chi connectivity index (χ2n) is 4.39. The second-order valence-corrected chi connectivity index (χ2v) is 4.39. The molecule has 0 aliphatic heterocycles. The molecule has 0 radical (unpaired) electrons. The van der Waals surface area contributed by atoms with E-state index < -0.39 is 6.36 Å². The van der Waals surface area contributed by atoms with Crippen molar-refractivity contribution in [2.45, 2.75) is 37.6 Å². The van der Waals surface area contributed by atoms with Crippen molar-refractivity contribution in [1.82, 2.24) is 0 Å². The van der Waals surface area contributed by atoms with Gasteiger partial charge >= 0.3 is 6.36 Å². The third-order valence-corrected chi connectivity index (χ3v) is 3.04. The minimum absolute atomic E-state index is 0.157. The van der Waals surface area contributed by atoms with Crippen LogP contribution in [-0.2, 0) is 0 Å². The third kappa shape index (κ3) is 3.36. The van der Waals surface area contributed by atoms with Crippen LogP contribution >= 0.6 is 0 Å². The van der Waals surface area contributed by atoms with Crippen LogP contribution in [0, 0.1) is 0 Å². The Kier molecular flexibility index (Phi) is 3.28. The Balaban J connectivity index is 2.11. The number of alkyl halides is 3. The van der Waals surface area contributed by atoms with E-state index in [0.717, 1.165) is 24.8 Å². The summed E-state index contributed by atoms with van der Waals surface area (Å²) in [7, 11) is 0. The number of halogens is 3. The van der Waals surface area contributed by atoms with E-state index in [0.29, 0.717) is 0 Å². The van der Waals surface area contributed by atoms with E-state index in [2.05, 4.69) is 4.74 Å². The summed E-state index contributed by atoms with van der Waals surface area (Å²) in [6, 6.07) is 6.33. The van der Waals surface area contributed by atoms with Gasteiger partial charge in [0.2, 0.25) is 0 Å². The molecule has 1 saturated carbocycles. The lowest BCUT2D eigenvalue weighted by molar-refractivity contribution is -0.274. The largest absolute Gasteiger partial charge is 0.573 e. The summed E-state index contributed by atoms with van der Waals surface area (Å²) in [6.45, 7) is 0. The highest BCUT2D eigenvalue weighted by molar-refractivity contribution is 5.31. The van der Waals surface area contributed by atoms with Gasteiger partial charge < -0.3 is 10.5 Å². The van der Waals surface area contributed by atoms with Gasteiger partial charge in [0, 0.05) is 6.04 Å². The van der Waals surface area contributed by atoms with Crippen molar-refractivity contribution < 1.29 is 17.9 Å². The molecule has 1 aliphatic rings. The van der Waals surface area contributed by atoms with Gasteiger partial charge in [-0.05, 0) is 42.9 Å². The molecule has 0 bridgehead atoms. The van der Waals surface area contributed by atoms with Crippen LogP contribution < -0.4 is 10.5 Å². The number of hydrogen-bond acceptors (Lipinski definition) is 2. The van der Waals surface area contributed by atoms with Gasteiger partial charge in [-0.25, -0.2) is 0 Å². The Hall–Kier alpha value is -1.23. The topological polar surface area (TPSA) is 35.2 Å². The molecule has 0 amide bonds. The van der Waals surface area contributed by atoms with Gasteiger partial charge in [0.05, 0.1) is 0 Å². The van der Waals surface area contributed by atoms with Gasteiger partial charge in [-0.1, -0.05) is 12.1 Å². The highest BCUT2D eigenvalue weighted by atomic mass is 19.4. The maximum absolute atomic E-state index is 12.1. The number of nitrogens with two attached hydrogens (primary N) is 1. The van der Waals surface area contributed by atoms with Crippen molar-refractivity contribution in [1.29, 1.82) is 0 Å². The average molecular weight is 245 g/mol. The lowest BCUT2D eigenvalue weighted by Gasteiger charge is -2.13. The fourth-order valence-electron chi connectivity index (χ4n) is 2.28. The van der Waals surface area contributed by atoms with Crippen molar-refractivity contribution in [2.75, 3.05) is 0 Å². The maximum atomic E-state index is 12.1. The lowest BCUT2D eigenvalue weighted by atomic mass is 9.97. The predicted molar refractivity (Wildman–Crippen MR) is 57.7 cm³/mol. The summed E-state index contributed by atoms with van der Waals surface area (Å²) in [5, 5.41) is 0. The third-order valence-electron chi connectivity index (χ3n) is 3.04. The zero-order valence-corrected chi connectivity index (χ0v) is 9.20. The Morgan fingerprint density at radius 2 is 2.00 bits per heavy atom. The number of ether oxygens (including phenoxy) is 1. The Morgan fingerprint density at radius 3 is 2.59 bits per heavy atom. The van der Waals surface area contributed by atoms with Gasteiger partial charge in [-0.15, -0.1) is 13.2 Å². The number of benzene rings is 1. The monoisotopic (exact) mass is 245 g/mol. The van der Waals surface area contributed by atoms with Crippen LogP contribution in [0.1, 0.15) is 30.7 Å². The average Bonchev–Trinajstić information content (AvgIpc) is 2.63.